The highest BCUT2D eigenvalue weighted by Crippen LogP contribution is 2.22. The van der Waals surface area contributed by atoms with Crippen LogP contribution in [0.1, 0.15) is 39.7 Å². The van der Waals surface area contributed by atoms with Crippen molar-refractivity contribution in [3.05, 3.63) is 35.9 Å². The molecule has 0 spiro atoms. The average Bonchev–Trinajstić information content (AvgIpc) is 2.44. The van der Waals surface area contributed by atoms with Gasteiger partial charge in [0.05, 0.1) is 6.07 Å². The number of nitriles is 1. The Morgan fingerprint density at radius 1 is 1.10 bits per heavy atom. The molecular formula is C18H29N3. The van der Waals surface area contributed by atoms with Crippen LogP contribution in [-0.4, -0.2) is 24.5 Å². The van der Waals surface area contributed by atoms with E-state index in [-0.39, 0.29) is 0 Å². The standard InChI is InChI=1S/C18H29N3/c1-15(2)12-21(13-16(3)4)11-10-18(20,14-19)17-8-6-5-7-9-17/h5-9,15-16H,10-13,20H2,1-4H3. The molecule has 1 aromatic carbocycles. The monoisotopic (exact) mass is 287 g/mol. The maximum Gasteiger partial charge on any atom is 0.131 e. The number of rotatable bonds is 8. The SMILES string of the molecule is CC(C)CN(CCC(N)(C#N)c1ccccc1)CC(C)C. The van der Waals surface area contributed by atoms with Gasteiger partial charge in [-0.25, -0.2) is 0 Å². The van der Waals surface area contributed by atoms with Crippen LogP contribution >= 0.6 is 0 Å². The van der Waals surface area contributed by atoms with Crippen molar-refractivity contribution in [3.8, 4) is 6.07 Å². The molecule has 0 saturated carbocycles. The molecule has 21 heavy (non-hydrogen) atoms. The molecule has 2 N–H and O–H groups in total. The van der Waals surface area contributed by atoms with Crippen molar-refractivity contribution in [2.45, 2.75) is 39.7 Å². The molecule has 1 aromatic rings. The van der Waals surface area contributed by atoms with Gasteiger partial charge in [-0.3, -0.25) is 0 Å². The summed E-state index contributed by atoms with van der Waals surface area (Å²) in [6.45, 7) is 11.9. The lowest BCUT2D eigenvalue weighted by molar-refractivity contribution is 0.205. The molecule has 0 radical (unpaired) electrons. The van der Waals surface area contributed by atoms with Crippen molar-refractivity contribution in [1.82, 2.24) is 4.90 Å². The van der Waals surface area contributed by atoms with Gasteiger partial charge in [0.25, 0.3) is 0 Å². The number of nitrogens with two attached hydrogens (primary N) is 1. The van der Waals surface area contributed by atoms with E-state index in [1.165, 1.54) is 0 Å². The van der Waals surface area contributed by atoms with Crippen LogP contribution in [0.2, 0.25) is 0 Å². The summed E-state index contributed by atoms with van der Waals surface area (Å²) in [7, 11) is 0. The summed E-state index contributed by atoms with van der Waals surface area (Å²) in [4.78, 5) is 2.43. The minimum absolute atomic E-state index is 0.620. The number of hydrogen-bond donors (Lipinski definition) is 1. The molecule has 3 nitrogen and oxygen atoms in total. The van der Waals surface area contributed by atoms with Crippen molar-refractivity contribution in [2.24, 2.45) is 17.6 Å². The predicted molar refractivity (Wildman–Crippen MR) is 88.7 cm³/mol. The molecule has 0 bridgehead atoms. The second kappa shape index (κ2) is 8.17. The summed E-state index contributed by atoms with van der Waals surface area (Å²) in [6, 6.07) is 12.0. The Bertz CT molecular complexity index is 437. The second-order valence-electron chi connectivity index (χ2n) is 6.75. The highest BCUT2D eigenvalue weighted by atomic mass is 15.1. The van der Waals surface area contributed by atoms with Gasteiger partial charge in [-0.2, -0.15) is 5.26 Å². The van der Waals surface area contributed by atoms with E-state index in [1.807, 2.05) is 30.3 Å². The van der Waals surface area contributed by atoms with Crippen LogP contribution in [0.5, 0.6) is 0 Å². The van der Waals surface area contributed by atoms with Crippen LogP contribution in [0, 0.1) is 23.2 Å². The van der Waals surface area contributed by atoms with Gasteiger partial charge in [-0.15, -0.1) is 0 Å². The highest BCUT2D eigenvalue weighted by Gasteiger charge is 2.27. The van der Waals surface area contributed by atoms with Crippen LogP contribution in [-0.2, 0) is 5.54 Å². The summed E-state index contributed by atoms with van der Waals surface area (Å²) in [5.41, 5.74) is 6.35. The third-order valence-corrected chi connectivity index (χ3v) is 3.56. The van der Waals surface area contributed by atoms with E-state index in [0.717, 1.165) is 25.2 Å². The maximum atomic E-state index is 9.52. The van der Waals surface area contributed by atoms with E-state index in [0.29, 0.717) is 18.3 Å². The Balaban J connectivity index is 2.74. The van der Waals surface area contributed by atoms with E-state index in [1.54, 1.807) is 0 Å². The van der Waals surface area contributed by atoms with E-state index in [4.69, 9.17) is 5.73 Å². The first kappa shape index (κ1) is 17.7. The third-order valence-electron chi connectivity index (χ3n) is 3.56. The maximum absolute atomic E-state index is 9.52. The third kappa shape index (κ3) is 5.87. The van der Waals surface area contributed by atoms with Crippen molar-refractivity contribution < 1.29 is 0 Å². The average molecular weight is 287 g/mol. The van der Waals surface area contributed by atoms with E-state index in [9.17, 15) is 5.26 Å². The van der Waals surface area contributed by atoms with Gasteiger partial charge in [-0.05, 0) is 23.8 Å². The molecule has 1 atom stereocenters. The Morgan fingerprint density at radius 2 is 1.62 bits per heavy atom. The normalized spacial score (nSPS) is 14.4. The number of nitrogens with zero attached hydrogens (tertiary/aromatic N) is 2. The van der Waals surface area contributed by atoms with Crippen molar-refractivity contribution in [2.75, 3.05) is 19.6 Å². The molecule has 1 rings (SSSR count). The molecule has 0 fully saturated rings. The van der Waals surface area contributed by atoms with Gasteiger partial charge >= 0.3 is 0 Å². The molecule has 0 aliphatic heterocycles. The highest BCUT2D eigenvalue weighted by molar-refractivity contribution is 5.30. The van der Waals surface area contributed by atoms with Crippen molar-refractivity contribution in [1.29, 1.82) is 5.26 Å². The smallest absolute Gasteiger partial charge is 0.131 e. The fraction of sp³-hybridized carbons (Fsp3) is 0.611. The molecule has 0 aliphatic carbocycles. The lowest BCUT2D eigenvalue weighted by Gasteiger charge is -2.30. The Labute approximate surface area is 129 Å². The Kier molecular flexibility index (Phi) is 6.87. The fourth-order valence-electron chi connectivity index (χ4n) is 2.62. The molecule has 3 heteroatoms. The molecular weight excluding hydrogens is 258 g/mol. The van der Waals surface area contributed by atoms with Gasteiger partial charge in [0.2, 0.25) is 0 Å². The molecule has 1 unspecified atom stereocenters. The lowest BCUT2D eigenvalue weighted by Crippen LogP contribution is -2.41. The quantitative estimate of drug-likeness (QED) is 0.797. The Morgan fingerprint density at radius 3 is 2.05 bits per heavy atom. The summed E-state index contributed by atoms with van der Waals surface area (Å²) >= 11 is 0. The summed E-state index contributed by atoms with van der Waals surface area (Å²) in [6.07, 6.45) is 0.660. The topological polar surface area (TPSA) is 53.0 Å². The van der Waals surface area contributed by atoms with Crippen molar-refractivity contribution >= 4 is 0 Å². The summed E-state index contributed by atoms with van der Waals surface area (Å²) in [5.74, 6) is 1.24. The van der Waals surface area contributed by atoms with E-state index < -0.39 is 5.54 Å². The zero-order chi connectivity index (χ0) is 15.9. The van der Waals surface area contributed by atoms with E-state index >= 15 is 0 Å². The number of hydrogen-bond acceptors (Lipinski definition) is 3. The predicted octanol–water partition coefficient (Wildman–Crippen LogP) is 3.37. The fourth-order valence-corrected chi connectivity index (χ4v) is 2.62. The van der Waals surface area contributed by atoms with Gasteiger partial charge in [0.15, 0.2) is 0 Å². The first-order valence-corrected chi connectivity index (χ1v) is 7.85. The van der Waals surface area contributed by atoms with E-state index in [2.05, 4.69) is 38.7 Å². The lowest BCUT2D eigenvalue weighted by atomic mass is 9.89. The molecule has 0 heterocycles. The minimum Gasteiger partial charge on any atom is -0.310 e. The zero-order valence-electron chi connectivity index (χ0n) is 13.8. The second-order valence-corrected chi connectivity index (χ2v) is 6.75. The van der Waals surface area contributed by atoms with Crippen LogP contribution in [0.4, 0.5) is 0 Å². The Hall–Kier alpha value is -1.37. The van der Waals surface area contributed by atoms with Gasteiger partial charge in [0, 0.05) is 19.6 Å². The van der Waals surface area contributed by atoms with Crippen LogP contribution < -0.4 is 5.73 Å². The van der Waals surface area contributed by atoms with Crippen LogP contribution in [0.15, 0.2) is 30.3 Å². The molecule has 0 saturated heterocycles. The molecule has 116 valence electrons. The molecule has 0 amide bonds. The largest absolute Gasteiger partial charge is 0.310 e. The first-order valence-electron chi connectivity index (χ1n) is 7.85. The first-order chi connectivity index (χ1) is 9.87. The van der Waals surface area contributed by atoms with Gasteiger partial charge in [0.1, 0.15) is 5.54 Å². The van der Waals surface area contributed by atoms with Gasteiger partial charge < -0.3 is 10.6 Å². The molecule has 0 aliphatic rings. The van der Waals surface area contributed by atoms with Gasteiger partial charge in [-0.1, -0.05) is 58.0 Å². The summed E-state index contributed by atoms with van der Waals surface area (Å²) in [5, 5.41) is 9.52. The molecule has 0 aromatic heterocycles. The number of benzene rings is 1. The zero-order valence-corrected chi connectivity index (χ0v) is 13.8. The van der Waals surface area contributed by atoms with Crippen molar-refractivity contribution in [3.63, 3.8) is 0 Å². The summed E-state index contributed by atoms with van der Waals surface area (Å²) < 4.78 is 0. The minimum atomic E-state index is -0.895. The van der Waals surface area contributed by atoms with Crippen LogP contribution in [0.25, 0.3) is 0 Å². The van der Waals surface area contributed by atoms with Crippen LogP contribution in [0.3, 0.4) is 0 Å².